The highest BCUT2D eigenvalue weighted by Gasteiger charge is 2.00. The predicted octanol–water partition coefficient (Wildman–Crippen LogP) is 4.21. The largest absolute Gasteiger partial charge is 0.489 e. The van der Waals surface area contributed by atoms with E-state index < -0.39 is 0 Å². The van der Waals surface area contributed by atoms with Crippen LogP contribution in [0.3, 0.4) is 0 Å². The fourth-order valence-corrected chi connectivity index (χ4v) is 2.17. The maximum atomic E-state index is 5.81. The van der Waals surface area contributed by atoms with Crippen molar-refractivity contribution in [3.63, 3.8) is 0 Å². The van der Waals surface area contributed by atoms with Gasteiger partial charge >= 0.3 is 0 Å². The van der Waals surface area contributed by atoms with Crippen molar-refractivity contribution in [3.05, 3.63) is 56.1 Å². The van der Waals surface area contributed by atoms with Crippen molar-refractivity contribution in [1.82, 2.24) is 0 Å². The number of ether oxygens (including phenoxy) is 1. The Morgan fingerprint density at radius 2 is 2.00 bits per heavy atom. The van der Waals surface area contributed by atoms with Crippen LogP contribution >= 0.6 is 38.5 Å². The molecule has 17 heavy (non-hydrogen) atoms. The molecule has 0 atom stereocenters. The van der Waals surface area contributed by atoms with Crippen molar-refractivity contribution < 1.29 is 4.74 Å². The number of hydrogen-bond acceptors (Lipinski definition) is 2. The van der Waals surface area contributed by atoms with Crippen LogP contribution < -0.4 is 10.5 Å². The molecule has 0 saturated heterocycles. The number of halogens is 2. The van der Waals surface area contributed by atoms with Crippen LogP contribution in [0.4, 0.5) is 5.69 Å². The zero-order chi connectivity index (χ0) is 12.3. The fraction of sp³-hybridized carbons (Fsp3) is 0.0769. The lowest BCUT2D eigenvalue weighted by Crippen LogP contribution is -1.97. The molecule has 2 rings (SSSR count). The van der Waals surface area contributed by atoms with Gasteiger partial charge in [-0.2, -0.15) is 0 Å². The molecule has 0 saturated carbocycles. The maximum absolute atomic E-state index is 5.81. The van der Waals surface area contributed by atoms with E-state index >= 15 is 0 Å². The Bertz CT molecular complexity index is 531. The molecule has 2 nitrogen and oxygen atoms in total. The Labute approximate surface area is 122 Å². The fourth-order valence-electron chi connectivity index (χ4n) is 1.41. The average molecular weight is 404 g/mol. The molecule has 2 aromatic carbocycles. The first-order valence-corrected chi connectivity index (χ1v) is 6.94. The van der Waals surface area contributed by atoms with E-state index in [0.29, 0.717) is 6.61 Å². The van der Waals surface area contributed by atoms with Crippen LogP contribution in [0.15, 0.2) is 46.9 Å². The minimum Gasteiger partial charge on any atom is -0.489 e. The van der Waals surface area contributed by atoms with Crippen LogP contribution in [0.2, 0.25) is 0 Å². The van der Waals surface area contributed by atoms with Crippen LogP contribution in [-0.2, 0) is 6.61 Å². The number of benzene rings is 2. The summed E-state index contributed by atoms with van der Waals surface area (Å²) >= 11 is 5.63. The normalized spacial score (nSPS) is 10.2. The Balaban J connectivity index is 2.05. The van der Waals surface area contributed by atoms with Crippen molar-refractivity contribution in [2.24, 2.45) is 0 Å². The monoisotopic (exact) mass is 403 g/mol. The Morgan fingerprint density at radius 1 is 1.18 bits per heavy atom. The molecule has 0 spiro atoms. The van der Waals surface area contributed by atoms with Gasteiger partial charge in [0, 0.05) is 13.7 Å². The lowest BCUT2D eigenvalue weighted by atomic mass is 10.2. The molecule has 0 radical (unpaired) electrons. The highest BCUT2D eigenvalue weighted by atomic mass is 127. The van der Waals surface area contributed by atoms with Crippen molar-refractivity contribution >= 4 is 44.2 Å². The van der Waals surface area contributed by atoms with Gasteiger partial charge in [-0.15, -0.1) is 0 Å². The standard InChI is InChI=1S/C13H11BrINO/c14-12-5-4-9(6-13(12)16)8-17-11-3-1-2-10(15)7-11/h1-7H,8,16H2. The van der Waals surface area contributed by atoms with E-state index in [1.54, 1.807) is 0 Å². The second-order valence-electron chi connectivity index (χ2n) is 3.60. The third kappa shape index (κ3) is 3.61. The van der Waals surface area contributed by atoms with Gasteiger partial charge in [-0.3, -0.25) is 0 Å². The predicted molar refractivity (Wildman–Crippen MR) is 82.0 cm³/mol. The molecule has 0 amide bonds. The summed E-state index contributed by atoms with van der Waals surface area (Å²) in [5.41, 5.74) is 7.60. The Hall–Kier alpha value is -0.750. The van der Waals surface area contributed by atoms with Gasteiger partial charge in [0.15, 0.2) is 0 Å². The summed E-state index contributed by atoms with van der Waals surface area (Å²) in [4.78, 5) is 0. The molecule has 0 heterocycles. The van der Waals surface area contributed by atoms with E-state index in [9.17, 15) is 0 Å². The summed E-state index contributed by atoms with van der Waals surface area (Å²) in [6, 6.07) is 13.8. The van der Waals surface area contributed by atoms with E-state index in [4.69, 9.17) is 10.5 Å². The number of nitrogen functional groups attached to an aromatic ring is 1. The first-order chi connectivity index (χ1) is 8.15. The SMILES string of the molecule is Nc1cc(COc2cccc(I)c2)ccc1Br. The highest BCUT2D eigenvalue weighted by Crippen LogP contribution is 2.21. The molecule has 0 aliphatic rings. The molecule has 2 aromatic rings. The third-order valence-electron chi connectivity index (χ3n) is 2.26. The van der Waals surface area contributed by atoms with Gasteiger partial charge in [-0.1, -0.05) is 12.1 Å². The van der Waals surface area contributed by atoms with Crippen molar-refractivity contribution in [3.8, 4) is 5.75 Å². The van der Waals surface area contributed by atoms with Gasteiger partial charge < -0.3 is 10.5 Å². The van der Waals surface area contributed by atoms with E-state index in [-0.39, 0.29) is 0 Å². The minimum atomic E-state index is 0.525. The van der Waals surface area contributed by atoms with Crippen LogP contribution in [0.1, 0.15) is 5.56 Å². The first kappa shape index (κ1) is 12.7. The Kier molecular flexibility index (Phi) is 4.28. The van der Waals surface area contributed by atoms with Gasteiger partial charge in [-0.25, -0.2) is 0 Å². The second kappa shape index (κ2) is 5.73. The smallest absolute Gasteiger partial charge is 0.120 e. The first-order valence-electron chi connectivity index (χ1n) is 5.07. The lowest BCUT2D eigenvalue weighted by molar-refractivity contribution is 0.306. The second-order valence-corrected chi connectivity index (χ2v) is 5.70. The van der Waals surface area contributed by atoms with E-state index in [2.05, 4.69) is 38.5 Å². The molecule has 88 valence electrons. The lowest BCUT2D eigenvalue weighted by Gasteiger charge is -2.07. The van der Waals surface area contributed by atoms with Crippen molar-refractivity contribution in [2.75, 3.05) is 5.73 Å². The van der Waals surface area contributed by atoms with Crippen LogP contribution in [0.5, 0.6) is 5.75 Å². The van der Waals surface area contributed by atoms with E-state index in [0.717, 1.165) is 25.0 Å². The minimum absolute atomic E-state index is 0.525. The number of nitrogens with two attached hydrogens (primary N) is 1. The summed E-state index contributed by atoms with van der Waals surface area (Å²) in [5.74, 6) is 0.874. The van der Waals surface area contributed by atoms with Crippen molar-refractivity contribution in [1.29, 1.82) is 0 Å². The molecule has 0 aromatic heterocycles. The molecule has 2 N–H and O–H groups in total. The summed E-state index contributed by atoms with van der Waals surface area (Å²) in [7, 11) is 0. The number of anilines is 1. The number of hydrogen-bond donors (Lipinski definition) is 1. The molecule has 0 bridgehead atoms. The molecule has 0 fully saturated rings. The summed E-state index contributed by atoms with van der Waals surface area (Å²) in [5, 5.41) is 0. The van der Waals surface area contributed by atoms with Crippen LogP contribution in [0.25, 0.3) is 0 Å². The average Bonchev–Trinajstić information content (AvgIpc) is 2.31. The third-order valence-corrected chi connectivity index (χ3v) is 3.66. The summed E-state index contributed by atoms with van der Waals surface area (Å²) in [6.45, 7) is 0.525. The van der Waals surface area contributed by atoms with Gasteiger partial charge in [0.1, 0.15) is 12.4 Å². The number of rotatable bonds is 3. The summed E-state index contributed by atoms with van der Waals surface area (Å²) < 4.78 is 7.77. The molecular weight excluding hydrogens is 393 g/mol. The zero-order valence-electron chi connectivity index (χ0n) is 8.99. The Morgan fingerprint density at radius 3 is 2.71 bits per heavy atom. The molecule has 0 unspecified atom stereocenters. The van der Waals surface area contributed by atoms with E-state index in [1.807, 2.05) is 42.5 Å². The highest BCUT2D eigenvalue weighted by molar-refractivity contribution is 14.1. The van der Waals surface area contributed by atoms with Gasteiger partial charge in [-0.05, 0) is 74.4 Å². The van der Waals surface area contributed by atoms with Crippen LogP contribution in [0, 0.1) is 3.57 Å². The molecular formula is C13H11BrINO. The van der Waals surface area contributed by atoms with Gasteiger partial charge in [0.05, 0.1) is 0 Å². The maximum Gasteiger partial charge on any atom is 0.120 e. The topological polar surface area (TPSA) is 35.2 Å². The van der Waals surface area contributed by atoms with E-state index in [1.165, 1.54) is 0 Å². The zero-order valence-corrected chi connectivity index (χ0v) is 12.7. The van der Waals surface area contributed by atoms with Gasteiger partial charge in [0.2, 0.25) is 0 Å². The molecule has 0 aliphatic carbocycles. The van der Waals surface area contributed by atoms with Gasteiger partial charge in [0.25, 0.3) is 0 Å². The quantitative estimate of drug-likeness (QED) is 0.615. The molecule has 4 heteroatoms. The van der Waals surface area contributed by atoms with Crippen molar-refractivity contribution in [2.45, 2.75) is 6.61 Å². The summed E-state index contributed by atoms with van der Waals surface area (Å²) in [6.07, 6.45) is 0. The van der Waals surface area contributed by atoms with Crippen LogP contribution in [-0.4, -0.2) is 0 Å². The molecule has 0 aliphatic heterocycles.